The fourth-order valence-corrected chi connectivity index (χ4v) is 3.99. The van der Waals surface area contributed by atoms with E-state index >= 15 is 0 Å². The Labute approximate surface area is 130 Å². The smallest absolute Gasteiger partial charge is 0.316 e. The van der Waals surface area contributed by atoms with Crippen molar-refractivity contribution in [3.63, 3.8) is 0 Å². The molecule has 0 unspecified atom stereocenters. The number of ether oxygens (including phenoxy) is 1. The number of Topliss-reactive ketones (excluding diaryl/α,β-unsaturated/α-hetero) is 1. The van der Waals surface area contributed by atoms with Gasteiger partial charge in [-0.15, -0.1) is 0 Å². The molecule has 5 nitrogen and oxygen atoms in total. The molecule has 3 rings (SSSR count). The first-order chi connectivity index (χ1) is 10.4. The van der Waals surface area contributed by atoms with Crippen molar-refractivity contribution in [3.05, 3.63) is 40.1 Å². The predicted molar refractivity (Wildman–Crippen MR) is 81.3 cm³/mol. The fourth-order valence-electron chi connectivity index (χ4n) is 3.99. The molecule has 2 aliphatic rings. The summed E-state index contributed by atoms with van der Waals surface area (Å²) in [5.74, 6) is -0.0378. The van der Waals surface area contributed by atoms with Gasteiger partial charge in [-0.1, -0.05) is 19.9 Å². The number of hydrogen-bond acceptors (Lipinski definition) is 4. The Kier molecular flexibility index (Phi) is 3.28. The van der Waals surface area contributed by atoms with Crippen molar-refractivity contribution in [1.29, 1.82) is 0 Å². The van der Waals surface area contributed by atoms with Crippen LogP contribution >= 0.6 is 0 Å². The zero-order valence-corrected chi connectivity index (χ0v) is 13.3. The third-order valence-electron chi connectivity index (χ3n) is 5.19. The van der Waals surface area contributed by atoms with Crippen LogP contribution in [0.25, 0.3) is 4.85 Å². The highest BCUT2D eigenvalue weighted by atomic mass is 16.5. The Morgan fingerprint density at radius 2 is 2.18 bits per heavy atom. The van der Waals surface area contributed by atoms with Crippen molar-refractivity contribution in [1.82, 2.24) is 9.97 Å². The third-order valence-corrected chi connectivity index (χ3v) is 5.19. The highest BCUT2D eigenvalue weighted by Crippen LogP contribution is 2.49. The van der Waals surface area contributed by atoms with Gasteiger partial charge in [0, 0.05) is 17.0 Å². The van der Waals surface area contributed by atoms with Gasteiger partial charge in [-0.25, -0.2) is 9.83 Å². The Hall–Kier alpha value is -2.22. The molecule has 0 radical (unpaired) electrons. The van der Waals surface area contributed by atoms with Crippen LogP contribution in [0.2, 0.25) is 0 Å². The first-order valence-electron chi connectivity index (χ1n) is 7.49. The zero-order valence-electron chi connectivity index (χ0n) is 13.3. The van der Waals surface area contributed by atoms with E-state index in [1.54, 1.807) is 7.11 Å². The zero-order chi connectivity index (χ0) is 16.1. The second-order valence-electron chi connectivity index (χ2n) is 6.35. The molecule has 0 bridgehead atoms. The molecule has 0 spiro atoms. The van der Waals surface area contributed by atoms with E-state index in [0.717, 1.165) is 29.8 Å². The molecule has 5 heteroatoms. The van der Waals surface area contributed by atoms with Crippen molar-refractivity contribution < 1.29 is 9.53 Å². The predicted octanol–water partition coefficient (Wildman–Crippen LogP) is 2.64. The molecule has 0 fully saturated rings. The minimum absolute atomic E-state index is 0.0429. The summed E-state index contributed by atoms with van der Waals surface area (Å²) in [6.07, 6.45) is 3.59. The summed E-state index contributed by atoms with van der Waals surface area (Å²) in [7, 11) is 1.55. The van der Waals surface area contributed by atoms with Gasteiger partial charge in [0.15, 0.2) is 5.78 Å². The number of nitrogens with zero attached hydrogens (tertiary/aromatic N) is 3. The van der Waals surface area contributed by atoms with Crippen LogP contribution in [0.15, 0.2) is 11.8 Å². The molecule has 2 aliphatic carbocycles. The van der Waals surface area contributed by atoms with Crippen LogP contribution in [0.5, 0.6) is 6.01 Å². The van der Waals surface area contributed by atoms with Gasteiger partial charge in [0.2, 0.25) is 5.70 Å². The lowest BCUT2D eigenvalue weighted by molar-refractivity contribution is -0.121. The van der Waals surface area contributed by atoms with Crippen LogP contribution in [-0.4, -0.2) is 22.9 Å². The molecule has 3 atom stereocenters. The number of allylic oxidation sites excluding steroid dienone is 2. The maximum atomic E-state index is 12.3. The molecule has 0 amide bonds. The van der Waals surface area contributed by atoms with E-state index in [9.17, 15) is 4.79 Å². The number of ketones is 1. The van der Waals surface area contributed by atoms with Crippen LogP contribution < -0.4 is 4.74 Å². The van der Waals surface area contributed by atoms with Gasteiger partial charge < -0.3 is 9.53 Å². The molecular weight excluding hydrogens is 278 g/mol. The minimum atomic E-state index is -0.415. The first-order valence-corrected chi connectivity index (χ1v) is 7.49. The fraction of sp³-hybridized carbons (Fsp3) is 0.529. The maximum Gasteiger partial charge on any atom is 0.316 e. The van der Waals surface area contributed by atoms with Crippen molar-refractivity contribution >= 4 is 5.78 Å². The summed E-state index contributed by atoms with van der Waals surface area (Å²) in [5.41, 5.74) is 2.77. The number of aromatic nitrogens is 2. The molecule has 0 aliphatic heterocycles. The molecule has 1 aromatic rings. The first kappa shape index (κ1) is 14.7. The third kappa shape index (κ3) is 1.87. The molecule has 114 valence electrons. The molecule has 0 N–H and O–H groups in total. The molecule has 0 aromatic carbocycles. The standard InChI is InChI=1S/C17H19N3O2/c1-9-12-7-6-11-10(2)19-16(22-5)20-15(11)17(12,3)8-13(18-4)14(9)21/h8-9,12H,6-7H2,1-3,5H3/t9-,12-,17-/m0/s1. The Morgan fingerprint density at radius 3 is 2.82 bits per heavy atom. The molecule has 0 saturated carbocycles. The molecule has 0 saturated heterocycles. The van der Waals surface area contributed by atoms with Gasteiger partial charge in [0.25, 0.3) is 0 Å². The van der Waals surface area contributed by atoms with E-state index in [0.29, 0.717) is 6.01 Å². The van der Waals surface area contributed by atoms with Crippen LogP contribution in [0, 0.1) is 25.3 Å². The molecule has 1 heterocycles. The minimum Gasteiger partial charge on any atom is -0.467 e. The van der Waals surface area contributed by atoms with Crippen LogP contribution in [0.1, 0.15) is 37.2 Å². The number of carbonyl (C=O) groups excluding carboxylic acids is 1. The van der Waals surface area contributed by atoms with Crippen LogP contribution in [0.4, 0.5) is 0 Å². The van der Waals surface area contributed by atoms with Crippen molar-refractivity contribution in [2.45, 2.75) is 39.0 Å². The van der Waals surface area contributed by atoms with E-state index < -0.39 is 5.41 Å². The second kappa shape index (κ2) is 4.91. The maximum absolute atomic E-state index is 12.3. The number of rotatable bonds is 1. The van der Waals surface area contributed by atoms with Crippen LogP contribution in [0.3, 0.4) is 0 Å². The number of aryl methyl sites for hydroxylation is 1. The average molecular weight is 297 g/mol. The highest BCUT2D eigenvalue weighted by Gasteiger charge is 2.49. The van der Waals surface area contributed by atoms with Gasteiger partial charge >= 0.3 is 6.01 Å². The molecular formula is C17H19N3O2. The number of hydrogen-bond donors (Lipinski definition) is 0. The van der Waals surface area contributed by atoms with E-state index in [1.165, 1.54) is 0 Å². The highest BCUT2D eigenvalue weighted by molar-refractivity contribution is 6.00. The van der Waals surface area contributed by atoms with E-state index in [1.807, 2.05) is 19.9 Å². The summed E-state index contributed by atoms with van der Waals surface area (Å²) < 4.78 is 5.22. The van der Waals surface area contributed by atoms with E-state index in [4.69, 9.17) is 11.3 Å². The van der Waals surface area contributed by atoms with Crippen molar-refractivity contribution in [2.75, 3.05) is 7.11 Å². The lowest BCUT2D eigenvalue weighted by Crippen LogP contribution is -2.46. The van der Waals surface area contributed by atoms with Crippen molar-refractivity contribution in [3.8, 4) is 6.01 Å². The second-order valence-corrected chi connectivity index (χ2v) is 6.35. The summed E-state index contributed by atoms with van der Waals surface area (Å²) in [5, 5.41) is 0. The summed E-state index contributed by atoms with van der Waals surface area (Å²) in [4.78, 5) is 24.7. The Bertz CT molecular complexity index is 732. The van der Waals surface area contributed by atoms with Gasteiger partial charge in [0.1, 0.15) is 0 Å². The van der Waals surface area contributed by atoms with Crippen LogP contribution in [-0.2, 0) is 16.6 Å². The lowest BCUT2D eigenvalue weighted by Gasteiger charge is -2.45. The topological polar surface area (TPSA) is 56.4 Å². The monoisotopic (exact) mass is 297 g/mol. The number of fused-ring (bicyclic) bond motifs is 3. The van der Waals surface area contributed by atoms with Crippen molar-refractivity contribution in [2.24, 2.45) is 11.8 Å². The number of methoxy groups -OCH3 is 1. The Balaban J connectivity index is 2.27. The molecule has 22 heavy (non-hydrogen) atoms. The summed E-state index contributed by atoms with van der Waals surface area (Å²) in [6.45, 7) is 13.3. The summed E-state index contributed by atoms with van der Waals surface area (Å²) in [6, 6.07) is 0.348. The average Bonchev–Trinajstić information content (AvgIpc) is 2.51. The lowest BCUT2D eigenvalue weighted by atomic mass is 9.58. The Morgan fingerprint density at radius 1 is 1.45 bits per heavy atom. The quantitative estimate of drug-likeness (QED) is 0.748. The van der Waals surface area contributed by atoms with E-state index in [2.05, 4.69) is 21.7 Å². The SMILES string of the molecule is [C-]#[N+]C1=C[C@]2(C)c3nc(OC)nc(C)c3CC[C@H]2[C@H](C)C1=O. The molecule has 1 aromatic heterocycles. The normalized spacial score (nSPS) is 30.0. The van der Waals surface area contributed by atoms with Gasteiger partial charge in [-0.2, -0.15) is 4.98 Å². The van der Waals surface area contributed by atoms with Gasteiger partial charge in [0.05, 0.1) is 19.4 Å². The van der Waals surface area contributed by atoms with Gasteiger partial charge in [-0.3, -0.25) is 0 Å². The number of carbonyl (C=O) groups is 1. The van der Waals surface area contributed by atoms with E-state index in [-0.39, 0.29) is 23.3 Å². The largest absolute Gasteiger partial charge is 0.467 e. The summed E-state index contributed by atoms with van der Waals surface area (Å²) >= 11 is 0. The van der Waals surface area contributed by atoms with Gasteiger partial charge in [-0.05, 0) is 31.2 Å².